The molecule has 2 aliphatic rings. The van der Waals surface area contributed by atoms with Gasteiger partial charge in [-0.25, -0.2) is 14.5 Å². The first-order valence-electron chi connectivity index (χ1n) is 11.6. The molecule has 0 bridgehead atoms. The molecule has 3 amide bonds. The lowest BCUT2D eigenvalue weighted by molar-refractivity contribution is -0.132. The molecule has 0 aliphatic carbocycles. The SMILES string of the molecule is CC(NC(=O)N1CCN(CC(=O)N2CCCCCC2)CC1)c1ccc(-n2cncn2)cc1. The number of nitrogens with zero attached hydrogens (tertiary/aromatic N) is 6. The summed E-state index contributed by atoms with van der Waals surface area (Å²) in [6.45, 7) is 6.95. The summed E-state index contributed by atoms with van der Waals surface area (Å²) < 4.78 is 1.70. The van der Waals surface area contributed by atoms with E-state index in [0.717, 1.165) is 50.3 Å². The summed E-state index contributed by atoms with van der Waals surface area (Å²) in [6, 6.07) is 7.76. The Bertz CT molecular complexity index is 868. The first-order valence-corrected chi connectivity index (χ1v) is 11.6. The smallest absolute Gasteiger partial charge is 0.317 e. The Morgan fingerprint density at radius 1 is 0.938 bits per heavy atom. The number of carbonyl (C=O) groups excluding carboxylic acids is 2. The van der Waals surface area contributed by atoms with Crippen molar-refractivity contribution in [3.05, 3.63) is 42.5 Å². The quantitative estimate of drug-likeness (QED) is 0.771. The largest absolute Gasteiger partial charge is 0.342 e. The molecule has 2 aromatic rings. The maximum Gasteiger partial charge on any atom is 0.317 e. The maximum atomic E-state index is 12.7. The van der Waals surface area contributed by atoms with Gasteiger partial charge < -0.3 is 15.1 Å². The van der Waals surface area contributed by atoms with Crippen LogP contribution in [0.15, 0.2) is 36.9 Å². The van der Waals surface area contributed by atoms with E-state index in [9.17, 15) is 9.59 Å². The van der Waals surface area contributed by atoms with Crippen molar-refractivity contribution in [2.45, 2.75) is 38.6 Å². The van der Waals surface area contributed by atoms with E-state index >= 15 is 0 Å². The second-order valence-electron chi connectivity index (χ2n) is 8.66. The molecule has 0 radical (unpaired) electrons. The normalized spacial score (nSPS) is 18.8. The highest BCUT2D eigenvalue weighted by Crippen LogP contribution is 2.16. The van der Waals surface area contributed by atoms with E-state index in [1.54, 1.807) is 11.0 Å². The zero-order valence-electron chi connectivity index (χ0n) is 18.8. The molecule has 1 unspecified atom stereocenters. The maximum absolute atomic E-state index is 12.7. The number of piperazine rings is 1. The summed E-state index contributed by atoms with van der Waals surface area (Å²) in [5, 5.41) is 7.22. The standard InChI is InChI=1S/C23H33N7O2/c1-19(20-6-8-21(9-7-20)30-18-24-17-25-30)26-23(32)29-14-12-27(13-15-29)16-22(31)28-10-4-2-3-5-11-28/h6-9,17-19H,2-5,10-16H2,1H3,(H,26,32). The number of urea groups is 1. The Labute approximate surface area is 189 Å². The summed E-state index contributed by atoms with van der Waals surface area (Å²) in [4.78, 5) is 35.4. The van der Waals surface area contributed by atoms with Crippen LogP contribution in [-0.2, 0) is 4.79 Å². The molecule has 0 spiro atoms. The topological polar surface area (TPSA) is 86.6 Å². The molecule has 3 heterocycles. The molecule has 0 saturated carbocycles. The van der Waals surface area contributed by atoms with Gasteiger partial charge in [0.25, 0.3) is 0 Å². The van der Waals surface area contributed by atoms with Gasteiger partial charge in [-0.05, 0) is 37.5 Å². The number of likely N-dealkylation sites (tertiary alicyclic amines) is 1. The summed E-state index contributed by atoms with van der Waals surface area (Å²) >= 11 is 0. The second kappa shape index (κ2) is 10.6. The van der Waals surface area contributed by atoms with Crippen molar-refractivity contribution < 1.29 is 9.59 Å². The Morgan fingerprint density at radius 2 is 1.62 bits per heavy atom. The average Bonchev–Trinajstić information content (AvgIpc) is 3.21. The molecule has 32 heavy (non-hydrogen) atoms. The highest BCUT2D eigenvalue weighted by Gasteiger charge is 2.25. The lowest BCUT2D eigenvalue weighted by atomic mass is 10.1. The third-order valence-corrected chi connectivity index (χ3v) is 6.39. The lowest BCUT2D eigenvalue weighted by Gasteiger charge is -2.35. The van der Waals surface area contributed by atoms with Crippen LogP contribution >= 0.6 is 0 Å². The second-order valence-corrected chi connectivity index (χ2v) is 8.66. The van der Waals surface area contributed by atoms with Crippen LogP contribution in [0.4, 0.5) is 4.79 Å². The molecule has 172 valence electrons. The molecule has 2 aliphatic heterocycles. The molecule has 1 aromatic carbocycles. The third-order valence-electron chi connectivity index (χ3n) is 6.39. The Kier molecular flexibility index (Phi) is 7.36. The van der Waals surface area contributed by atoms with Crippen LogP contribution in [0.1, 0.15) is 44.2 Å². The van der Waals surface area contributed by atoms with Gasteiger partial charge in [-0.1, -0.05) is 25.0 Å². The molecule has 2 fully saturated rings. The van der Waals surface area contributed by atoms with E-state index in [0.29, 0.717) is 19.6 Å². The van der Waals surface area contributed by atoms with Gasteiger partial charge in [0.2, 0.25) is 5.91 Å². The highest BCUT2D eigenvalue weighted by atomic mass is 16.2. The van der Waals surface area contributed by atoms with Crippen molar-refractivity contribution in [3.63, 3.8) is 0 Å². The van der Waals surface area contributed by atoms with Gasteiger partial charge in [-0.2, -0.15) is 5.10 Å². The van der Waals surface area contributed by atoms with E-state index in [1.807, 2.05) is 41.0 Å². The molecule has 1 N–H and O–H groups in total. The van der Waals surface area contributed by atoms with E-state index in [-0.39, 0.29) is 18.0 Å². The van der Waals surface area contributed by atoms with Gasteiger partial charge in [0, 0.05) is 39.3 Å². The molecule has 2 saturated heterocycles. The first kappa shape index (κ1) is 22.3. The summed E-state index contributed by atoms with van der Waals surface area (Å²) in [5.74, 6) is 0.229. The molecule has 9 nitrogen and oxygen atoms in total. The Hall–Kier alpha value is -2.94. The minimum absolute atomic E-state index is 0.0589. The molecule has 4 rings (SSSR count). The van der Waals surface area contributed by atoms with Gasteiger partial charge in [0.1, 0.15) is 12.7 Å². The number of carbonyl (C=O) groups is 2. The van der Waals surface area contributed by atoms with E-state index in [4.69, 9.17) is 0 Å². The van der Waals surface area contributed by atoms with Crippen LogP contribution in [0, 0.1) is 0 Å². The van der Waals surface area contributed by atoms with Crippen LogP contribution in [-0.4, -0.2) is 87.2 Å². The predicted octanol–water partition coefficient (Wildman–Crippen LogP) is 2.06. The molecule has 1 atom stereocenters. The number of rotatable bonds is 5. The number of aromatic nitrogens is 3. The van der Waals surface area contributed by atoms with Crippen LogP contribution in [0.25, 0.3) is 5.69 Å². The fraction of sp³-hybridized carbons (Fsp3) is 0.565. The van der Waals surface area contributed by atoms with E-state index in [2.05, 4.69) is 20.3 Å². The number of hydrogen-bond acceptors (Lipinski definition) is 5. The minimum Gasteiger partial charge on any atom is -0.342 e. The van der Waals surface area contributed by atoms with Crippen LogP contribution in [0.5, 0.6) is 0 Å². The van der Waals surface area contributed by atoms with Gasteiger partial charge in [0.05, 0.1) is 18.3 Å². The summed E-state index contributed by atoms with van der Waals surface area (Å²) in [6.07, 6.45) is 7.83. The minimum atomic E-state index is -0.102. The number of hydrogen-bond donors (Lipinski definition) is 1. The Morgan fingerprint density at radius 3 is 2.25 bits per heavy atom. The van der Waals surface area contributed by atoms with Crippen molar-refractivity contribution in [2.75, 3.05) is 45.8 Å². The van der Waals surface area contributed by atoms with Crippen molar-refractivity contribution in [1.82, 2.24) is 34.8 Å². The van der Waals surface area contributed by atoms with Gasteiger partial charge >= 0.3 is 6.03 Å². The van der Waals surface area contributed by atoms with Gasteiger partial charge in [-0.3, -0.25) is 9.69 Å². The monoisotopic (exact) mass is 439 g/mol. The fourth-order valence-corrected chi connectivity index (χ4v) is 4.34. The van der Waals surface area contributed by atoms with Crippen molar-refractivity contribution in [3.8, 4) is 5.69 Å². The van der Waals surface area contributed by atoms with Crippen LogP contribution < -0.4 is 5.32 Å². The highest BCUT2D eigenvalue weighted by molar-refractivity contribution is 5.78. The van der Waals surface area contributed by atoms with E-state index in [1.165, 1.54) is 19.2 Å². The third kappa shape index (κ3) is 5.64. The van der Waals surface area contributed by atoms with Crippen LogP contribution in [0.3, 0.4) is 0 Å². The van der Waals surface area contributed by atoms with Gasteiger partial charge in [0.15, 0.2) is 0 Å². The molecule has 1 aromatic heterocycles. The first-order chi connectivity index (χ1) is 15.6. The fourth-order valence-electron chi connectivity index (χ4n) is 4.34. The lowest BCUT2D eigenvalue weighted by Crippen LogP contribution is -2.54. The number of benzene rings is 1. The zero-order chi connectivity index (χ0) is 22.3. The van der Waals surface area contributed by atoms with Crippen molar-refractivity contribution >= 4 is 11.9 Å². The summed E-state index contributed by atoms with van der Waals surface area (Å²) in [5.41, 5.74) is 1.96. The average molecular weight is 440 g/mol. The predicted molar refractivity (Wildman–Crippen MR) is 121 cm³/mol. The van der Waals surface area contributed by atoms with Crippen molar-refractivity contribution in [2.24, 2.45) is 0 Å². The molecular weight excluding hydrogens is 406 g/mol. The van der Waals surface area contributed by atoms with Crippen molar-refractivity contribution in [1.29, 1.82) is 0 Å². The number of amides is 3. The van der Waals surface area contributed by atoms with Gasteiger partial charge in [-0.15, -0.1) is 0 Å². The summed E-state index contributed by atoms with van der Waals surface area (Å²) in [7, 11) is 0. The van der Waals surface area contributed by atoms with E-state index < -0.39 is 0 Å². The van der Waals surface area contributed by atoms with Crippen LogP contribution in [0.2, 0.25) is 0 Å². The molecular formula is C23H33N7O2. The zero-order valence-corrected chi connectivity index (χ0v) is 18.8. The Balaban J connectivity index is 1.22. The number of nitrogens with one attached hydrogen (secondary N) is 1. The molecule has 9 heteroatoms.